The van der Waals surface area contributed by atoms with E-state index in [1.54, 1.807) is 31.3 Å². The zero-order valence-electron chi connectivity index (χ0n) is 17.5. The molecule has 1 saturated heterocycles. The molecular weight excluding hydrogens is 515 g/mol. The van der Waals surface area contributed by atoms with Gasteiger partial charge in [-0.25, -0.2) is 13.1 Å². The predicted octanol–water partition coefficient (Wildman–Crippen LogP) is 2.67. The van der Waals surface area contributed by atoms with Gasteiger partial charge in [0.15, 0.2) is 5.96 Å². The van der Waals surface area contributed by atoms with Gasteiger partial charge in [0, 0.05) is 20.1 Å². The van der Waals surface area contributed by atoms with Gasteiger partial charge in [-0.2, -0.15) is 0 Å². The van der Waals surface area contributed by atoms with Gasteiger partial charge in [-0.3, -0.25) is 4.99 Å². The van der Waals surface area contributed by atoms with Crippen molar-refractivity contribution in [2.24, 2.45) is 4.99 Å². The number of aryl methyl sites for hydroxylation is 1. The highest BCUT2D eigenvalue weighted by molar-refractivity contribution is 14.0. The van der Waals surface area contributed by atoms with E-state index in [1.165, 1.54) is 18.2 Å². The summed E-state index contributed by atoms with van der Waals surface area (Å²) < 4.78 is 32.0. The Morgan fingerprint density at radius 3 is 2.53 bits per heavy atom. The number of nitrogens with zero attached hydrogens (tertiary/aromatic N) is 2. The molecule has 1 fully saturated rings. The van der Waals surface area contributed by atoms with Crippen LogP contribution in [0.3, 0.4) is 0 Å². The number of halogens is 1. The largest absolute Gasteiger partial charge is 0.370 e. The minimum absolute atomic E-state index is 0. The Bertz CT molecular complexity index is 964. The van der Waals surface area contributed by atoms with E-state index in [4.69, 9.17) is 4.74 Å². The van der Waals surface area contributed by atoms with Crippen LogP contribution in [-0.2, 0) is 21.3 Å². The number of morpholine rings is 1. The summed E-state index contributed by atoms with van der Waals surface area (Å²) in [6.07, 6.45) is 0.00883. The van der Waals surface area contributed by atoms with E-state index in [2.05, 4.69) is 39.0 Å². The molecule has 0 amide bonds. The van der Waals surface area contributed by atoms with Crippen LogP contribution in [0, 0.1) is 6.92 Å². The second-order valence-electron chi connectivity index (χ2n) is 6.91. The second-order valence-corrected chi connectivity index (χ2v) is 8.80. The van der Waals surface area contributed by atoms with Crippen LogP contribution < -0.4 is 10.0 Å². The van der Waals surface area contributed by atoms with Crippen LogP contribution in [0.1, 0.15) is 22.8 Å². The van der Waals surface area contributed by atoms with Gasteiger partial charge in [-0.15, -0.1) is 24.0 Å². The van der Waals surface area contributed by atoms with Gasteiger partial charge < -0.3 is 15.0 Å². The highest BCUT2D eigenvalue weighted by Gasteiger charge is 2.25. The van der Waals surface area contributed by atoms with E-state index in [0.29, 0.717) is 13.2 Å². The highest BCUT2D eigenvalue weighted by atomic mass is 127. The number of benzene rings is 2. The number of nitrogens with one attached hydrogen (secondary N) is 2. The van der Waals surface area contributed by atoms with Crippen molar-refractivity contribution < 1.29 is 13.2 Å². The summed E-state index contributed by atoms with van der Waals surface area (Å²) in [7, 11) is -0.249. The van der Waals surface area contributed by atoms with Crippen molar-refractivity contribution in [2.45, 2.75) is 24.5 Å². The Kier molecular flexibility index (Phi) is 9.08. The maximum absolute atomic E-state index is 11.8. The molecule has 2 N–H and O–H groups in total. The minimum atomic E-state index is -3.42. The summed E-state index contributed by atoms with van der Waals surface area (Å²) in [5.74, 6) is 0.804. The lowest BCUT2D eigenvalue weighted by molar-refractivity contribution is -0.00833. The second kappa shape index (κ2) is 11.1. The molecule has 0 bridgehead atoms. The van der Waals surface area contributed by atoms with Gasteiger partial charge in [0.05, 0.1) is 18.0 Å². The molecule has 9 heteroatoms. The quantitative estimate of drug-likeness (QED) is 0.344. The summed E-state index contributed by atoms with van der Waals surface area (Å²) in [6, 6.07) is 15.1. The number of sulfonamides is 1. The van der Waals surface area contributed by atoms with Crippen LogP contribution in [0.15, 0.2) is 58.4 Å². The standard InChI is InChI=1S/C21H28N4O3S.HI/c1-16-6-4-5-7-19(16)20-15-25(12-13-28-20)21(22-2)24-14-17-8-10-18(11-9-17)29(26,27)23-3;/h4-11,20,23H,12-15H2,1-3H3,(H,22,24);1H. The van der Waals surface area contributed by atoms with Crippen molar-refractivity contribution in [2.75, 3.05) is 33.8 Å². The minimum Gasteiger partial charge on any atom is -0.370 e. The Balaban J connectivity index is 0.00000320. The molecule has 1 unspecified atom stereocenters. The average Bonchev–Trinajstić information content (AvgIpc) is 2.75. The summed E-state index contributed by atoms with van der Waals surface area (Å²) >= 11 is 0. The highest BCUT2D eigenvalue weighted by Crippen LogP contribution is 2.25. The van der Waals surface area contributed by atoms with Crippen LogP contribution in [0.25, 0.3) is 0 Å². The molecule has 7 nitrogen and oxygen atoms in total. The molecule has 1 aliphatic rings. The molecule has 30 heavy (non-hydrogen) atoms. The van der Waals surface area contributed by atoms with Crippen LogP contribution >= 0.6 is 24.0 Å². The maximum Gasteiger partial charge on any atom is 0.240 e. The lowest BCUT2D eigenvalue weighted by atomic mass is 10.0. The number of rotatable bonds is 5. The van der Waals surface area contributed by atoms with Crippen LogP contribution in [0.4, 0.5) is 0 Å². The lowest BCUT2D eigenvalue weighted by Gasteiger charge is -2.35. The average molecular weight is 544 g/mol. The molecule has 1 heterocycles. The summed E-state index contributed by atoms with van der Waals surface area (Å²) in [5, 5.41) is 3.37. The van der Waals surface area contributed by atoms with Crippen molar-refractivity contribution >= 4 is 40.0 Å². The molecule has 3 rings (SSSR count). The number of aliphatic imine (C=N–C) groups is 1. The first-order valence-corrected chi connectivity index (χ1v) is 11.1. The number of hydrogen-bond acceptors (Lipinski definition) is 4. The molecule has 0 spiro atoms. The Morgan fingerprint density at radius 2 is 1.90 bits per heavy atom. The topological polar surface area (TPSA) is 83.0 Å². The first-order chi connectivity index (χ1) is 13.9. The van der Waals surface area contributed by atoms with E-state index in [-0.39, 0.29) is 35.0 Å². The smallest absolute Gasteiger partial charge is 0.240 e. The van der Waals surface area contributed by atoms with Gasteiger partial charge in [0.1, 0.15) is 6.10 Å². The fourth-order valence-electron chi connectivity index (χ4n) is 3.40. The molecule has 2 aromatic carbocycles. The van der Waals surface area contributed by atoms with E-state index < -0.39 is 10.0 Å². The van der Waals surface area contributed by atoms with Crippen molar-refractivity contribution in [3.8, 4) is 0 Å². The molecule has 0 aliphatic carbocycles. The van der Waals surface area contributed by atoms with E-state index >= 15 is 0 Å². The van der Waals surface area contributed by atoms with Gasteiger partial charge in [0.25, 0.3) is 0 Å². The van der Waals surface area contributed by atoms with Crippen molar-refractivity contribution in [3.05, 3.63) is 65.2 Å². The number of guanidine groups is 1. The first kappa shape index (κ1) is 24.6. The van der Waals surface area contributed by atoms with Gasteiger partial charge in [-0.1, -0.05) is 36.4 Å². The Morgan fingerprint density at radius 1 is 1.20 bits per heavy atom. The van der Waals surface area contributed by atoms with Crippen LogP contribution in [0.2, 0.25) is 0 Å². The molecule has 0 aromatic heterocycles. The van der Waals surface area contributed by atoms with Crippen molar-refractivity contribution in [1.29, 1.82) is 0 Å². The molecular formula is C21H29IN4O3S. The van der Waals surface area contributed by atoms with Gasteiger partial charge in [0.2, 0.25) is 10.0 Å². The Hall–Kier alpha value is -1.69. The number of ether oxygens (including phenoxy) is 1. The predicted molar refractivity (Wildman–Crippen MR) is 130 cm³/mol. The molecule has 0 radical (unpaired) electrons. The third kappa shape index (κ3) is 5.93. The van der Waals surface area contributed by atoms with Crippen LogP contribution in [-0.4, -0.2) is 53.1 Å². The third-order valence-corrected chi connectivity index (χ3v) is 6.50. The monoisotopic (exact) mass is 544 g/mol. The van der Waals surface area contributed by atoms with Gasteiger partial charge >= 0.3 is 0 Å². The number of hydrogen-bond donors (Lipinski definition) is 2. The zero-order chi connectivity index (χ0) is 20.9. The summed E-state index contributed by atoms with van der Waals surface area (Å²) in [6.45, 7) is 4.78. The van der Waals surface area contributed by atoms with E-state index in [0.717, 1.165) is 24.6 Å². The van der Waals surface area contributed by atoms with Gasteiger partial charge in [-0.05, 0) is 42.8 Å². The fraction of sp³-hybridized carbons (Fsp3) is 0.381. The first-order valence-electron chi connectivity index (χ1n) is 9.60. The SMILES string of the molecule is CN=C(NCc1ccc(S(=O)(=O)NC)cc1)N1CCOC(c2ccccc2C)C1.I. The lowest BCUT2D eigenvalue weighted by Crippen LogP contribution is -2.48. The summed E-state index contributed by atoms with van der Waals surface area (Å²) in [4.78, 5) is 6.86. The normalized spacial score (nSPS) is 17.4. The molecule has 0 saturated carbocycles. The maximum atomic E-state index is 11.8. The van der Waals surface area contributed by atoms with E-state index in [1.807, 2.05) is 12.1 Å². The fourth-order valence-corrected chi connectivity index (χ4v) is 4.13. The Labute approximate surface area is 196 Å². The summed E-state index contributed by atoms with van der Waals surface area (Å²) in [5.41, 5.74) is 3.40. The van der Waals surface area contributed by atoms with Crippen molar-refractivity contribution in [3.63, 3.8) is 0 Å². The molecule has 2 aromatic rings. The molecule has 164 valence electrons. The zero-order valence-corrected chi connectivity index (χ0v) is 20.6. The van der Waals surface area contributed by atoms with Crippen molar-refractivity contribution in [1.82, 2.24) is 14.9 Å². The third-order valence-electron chi connectivity index (χ3n) is 5.07. The molecule has 1 aliphatic heterocycles. The van der Waals surface area contributed by atoms with E-state index in [9.17, 15) is 8.42 Å². The molecule has 1 atom stereocenters. The van der Waals surface area contributed by atoms with Crippen LogP contribution in [0.5, 0.6) is 0 Å².